The number of ether oxygens (including phenoxy) is 1. The normalized spacial score (nSPS) is 15.4. The van der Waals surface area contributed by atoms with E-state index in [-0.39, 0.29) is 17.0 Å². The summed E-state index contributed by atoms with van der Waals surface area (Å²) in [6, 6.07) is 11.5. The maximum atomic E-state index is 13.5. The number of sulfonamides is 1. The van der Waals surface area contributed by atoms with Crippen molar-refractivity contribution in [2.45, 2.75) is 31.2 Å². The summed E-state index contributed by atoms with van der Waals surface area (Å²) < 4.78 is 45.4. The van der Waals surface area contributed by atoms with E-state index in [1.54, 1.807) is 18.2 Å². The van der Waals surface area contributed by atoms with Crippen LogP contribution in [-0.4, -0.2) is 44.3 Å². The van der Waals surface area contributed by atoms with E-state index in [2.05, 4.69) is 12.2 Å². The smallest absolute Gasteiger partial charge is 0.338 e. The fourth-order valence-corrected chi connectivity index (χ4v) is 4.71. The number of hydrogen-bond acceptors (Lipinski definition) is 5. The highest BCUT2D eigenvalue weighted by molar-refractivity contribution is 7.89. The van der Waals surface area contributed by atoms with Crippen LogP contribution in [0.15, 0.2) is 53.4 Å². The van der Waals surface area contributed by atoms with E-state index < -0.39 is 34.3 Å². The van der Waals surface area contributed by atoms with Gasteiger partial charge in [0.05, 0.1) is 10.5 Å². The molecule has 1 saturated heterocycles. The van der Waals surface area contributed by atoms with Gasteiger partial charge < -0.3 is 10.1 Å². The van der Waals surface area contributed by atoms with E-state index in [1.807, 2.05) is 0 Å². The molecule has 1 aliphatic heterocycles. The molecule has 2 aromatic carbocycles. The number of esters is 1. The molecule has 1 aliphatic rings. The summed E-state index contributed by atoms with van der Waals surface area (Å²) in [5.41, 5.74) is 0.454. The Morgan fingerprint density at radius 1 is 1.10 bits per heavy atom. The fourth-order valence-electron chi connectivity index (χ4n) is 3.24. The number of rotatable bonds is 7. The molecule has 0 atom stereocenters. The topological polar surface area (TPSA) is 92.8 Å². The molecule has 0 spiro atoms. The van der Waals surface area contributed by atoms with Gasteiger partial charge in [0.25, 0.3) is 5.91 Å². The molecule has 0 saturated carbocycles. The number of amides is 1. The first-order valence-electron chi connectivity index (χ1n) is 10.0. The largest absolute Gasteiger partial charge is 0.452 e. The highest BCUT2D eigenvalue weighted by atomic mass is 32.2. The highest BCUT2D eigenvalue weighted by Crippen LogP contribution is 2.23. The molecule has 1 heterocycles. The second-order valence-electron chi connectivity index (χ2n) is 7.56. The van der Waals surface area contributed by atoms with Crippen LogP contribution in [0.2, 0.25) is 0 Å². The van der Waals surface area contributed by atoms with E-state index >= 15 is 0 Å². The zero-order valence-electron chi connectivity index (χ0n) is 17.2. The summed E-state index contributed by atoms with van der Waals surface area (Å²) in [4.78, 5) is 24.1. The predicted molar refractivity (Wildman–Crippen MR) is 112 cm³/mol. The van der Waals surface area contributed by atoms with E-state index in [4.69, 9.17) is 4.74 Å². The number of hydrogen-bond donors (Lipinski definition) is 1. The summed E-state index contributed by atoms with van der Waals surface area (Å²) in [6.45, 7) is 2.51. The summed E-state index contributed by atoms with van der Waals surface area (Å²) in [5, 5.41) is 2.47. The van der Waals surface area contributed by atoms with Crippen molar-refractivity contribution in [3.05, 3.63) is 65.5 Å². The molecule has 0 aliphatic carbocycles. The van der Waals surface area contributed by atoms with Crippen LogP contribution in [-0.2, 0) is 26.1 Å². The van der Waals surface area contributed by atoms with Crippen LogP contribution in [0, 0.1) is 11.7 Å². The van der Waals surface area contributed by atoms with Crippen molar-refractivity contribution in [2.24, 2.45) is 5.92 Å². The molecule has 9 heteroatoms. The standard InChI is InChI=1S/C22H25FN2O5S/c1-16-10-12-25(13-11-16)31(28,29)19-8-6-17(7-9-19)22(27)30-15-21(26)24-14-18-4-2-3-5-20(18)23/h2-9,16H,10-15H2,1H3,(H,24,26). The average molecular weight is 449 g/mol. The van der Waals surface area contributed by atoms with Crippen LogP contribution in [0.25, 0.3) is 0 Å². The number of carbonyl (C=O) groups excluding carboxylic acids is 2. The SMILES string of the molecule is CC1CCN(S(=O)(=O)c2ccc(C(=O)OCC(=O)NCc3ccccc3F)cc2)CC1. The van der Waals surface area contributed by atoms with Gasteiger partial charge in [-0.05, 0) is 49.1 Å². The molecule has 0 bridgehead atoms. The number of carbonyl (C=O) groups is 2. The second-order valence-corrected chi connectivity index (χ2v) is 9.49. The fraction of sp³-hybridized carbons (Fsp3) is 0.364. The van der Waals surface area contributed by atoms with Crippen LogP contribution >= 0.6 is 0 Å². The Labute approximate surface area is 181 Å². The Balaban J connectivity index is 1.52. The van der Waals surface area contributed by atoms with Crippen molar-refractivity contribution >= 4 is 21.9 Å². The number of nitrogens with one attached hydrogen (secondary N) is 1. The van der Waals surface area contributed by atoms with Crippen LogP contribution in [0.1, 0.15) is 35.7 Å². The lowest BCUT2D eigenvalue weighted by molar-refractivity contribution is -0.124. The maximum Gasteiger partial charge on any atom is 0.338 e. The lowest BCUT2D eigenvalue weighted by Gasteiger charge is -2.29. The number of piperidine rings is 1. The molecule has 1 amide bonds. The van der Waals surface area contributed by atoms with Gasteiger partial charge in [0.1, 0.15) is 5.82 Å². The quantitative estimate of drug-likeness (QED) is 0.658. The molecule has 3 rings (SSSR count). The molecule has 0 unspecified atom stereocenters. The van der Waals surface area contributed by atoms with Crippen LogP contribution < -0.4 is 5.32 Å². The average Bonchev–Trinajstić information content (AvgIpc) is 2.77. The molecular formula is C22H25FN2O5S. The molecule has 31 heavy (non-hydrogen) atoms. The molecule has 1 fully saturated rings. The van der Waals surface area contributed by atoms with E-state index in [1.165, 1.54) is 34.6 Å². The number of benzene rings is 2. The third-order valence-corrected chi connectivity index (χ3v) is 7.15. The van der Waals surface area contributed by atoms with Crippen LogP contribution in [0.5, 0.6) is 0 Å². The molecule has 1 N–H and O–H groups in total. The Morgan fingerprint density at radius 2 is 1.74 bits per heavy atom. The van der Waals surface area contributed by atoms with Gasteiger partial charge in [-0.25, -0.2) is 17.6 Å². The first kappa shape index (κ1) is 22.9. The Kier molecular flexibility index (Phi) is 7.40. The van der Waals surface area contributed by atoms with Crippen molar-refractivity contribution < 1.29 is 27.1 Å². The van der Waals surface area contributed by atoms with E-state index in [0.29, 0.717) is 24.6 Å². The van der Waals surface area contributed by atoms with Crippen molar-refractivity contribution in [2.75, 3.05) is 19.7 Å². The third-order valence-electron chi connectivity index (χ3n) is 5.24. The Bertz CT molecular complexity index is 1030. The van der Waals surface area contributed by atoms with Gasteiger partial charge in [0, 0.05) is 25.2 Å². The van der Waals surface area contributed by atoms with Crippen LogP contribution in [0.4, 0.5) is 4.39 Å². The van der Waals surface area contributed by atoms with Gasteiger partial charge in [-0.2, -0.15) is 4.31 Å². The van der Waals surface area contributed by atoms with Crippen molar-refractivity contribution in [3.8, 4) is 0 Å². The highest BCUT2D eigenvalue weighted by Gasteiger charge is 2.28. The van der Waals surface area contributed by atoms with Crippen molar-refractivity contribution in [1.29, 1.82) is 0 Å². The minimum absolute atomic E-state index is 0.0229. The van der Waals surface area contributed by atoms with E-state index in [0.717, 1.165) is 12.8 Å². The third kappa shape index (κ3) is 5.89. The van der Waals surface area contributed by atoms with Crippen LogP contribution in [0.3, 0.4) is 0 Å². The lowest BCUT2D eigenvalue weighted by Crippen LogP contribution is -2.37. The predicted octanol–water partition coefficient (Wildman–Crippen LogP) is 2.72. The molecular weight excluding hydrogens is 423 g/mol. The Morgan fingerprint density at radius 3 is 2.39 bits per heavy atom. The summed E-state index contributed by atoms with van der Waals surface area (Å²) in [5.74, 6) is -1.26. The minimum atomic E-state index is -3.60. The van der Waals surface area contributed by atoms with Crippen molar-refractivity contribution in [3.63, 3.8) is 0 Å². The summed E-state index contributed by atoms with van der Waals surface area (Å²) in [7, 11) is -3.60. The number of nitrogens with zero attached hydrogens (tertiary/aromatic N) is 1. The summed E-state index contributed by atoms with van der Waals surface area (Å²) >= 11 is 0. The first-order valence-corrected chi connectivity index (χ1v) is 11.5. The zero-order valence-corrected chi connectivity index (χ0v) is 18.0. The van der Waals surface area contributed by atoms with Gasteiger partial charge in [-0.15, -0.1) is 0 Å². The van der Waals surface area contributed by atoms with Gasteiger partial charge >= 0.3 is 5.97 Å². The summed E-state index contributed by atoms with van der Waals surface area (Å²) in [6.07, 6.45) is 1.64. The van der Waals surface area contributed by atoms with Crippen molar-refractivity contribution in [1.82, 2.24) is 9.62 Å². The first-order chi connectivity index (χ1) is 14.8. The zero-order chi connectivity index (χ0) is 22.4. The van der Waals surface area contributed by atoms with E-state index in [9.17, 15) is 22.4 Å². The van der Waals surface area contributed by atoms with Gasteiger partial charge in [0.15, 0.2) is 6.61 Å². The molecule has 2 aromatic rings. The second kappa shape index (κ2) is 10.0. The minimum Gasteiger partial charge on any atom is -0.452 e. The van der Waals surface area contributed by atoms with Gasteiger partial charge in [-0.1, -0.05) is 25.1 Å². The maximum absolute atomic E-state index is 13.5. The lowest BCUT2D eigenvalue weighted by atomic mass is 10.0. The molecule has 0 radical (unpaired) electrons. The van der Waals surface area contributed by atoms with Gasteiger partial charge in [-0.3, -0.25) is 4.79 Å². The molecule has 166 valence electrons. The number of halogens is 1. The van der Waals surface area contributed by atoms with Gasteiger partial charge in [0.2, 0.25) is 10.0 Å². The molecule has 0 aromatic heterocycles. The Hall–Kier alpha value is -2.78. The molecule has 7 nitrogen and oxygen atoms in total. The monoisotopic (exact) mass is 448 g/mol.